The molecule has 0 aliphatic carbocycles. The van der Waals surface area contributed by atoms with Crippen molar-refractivity contribution >= 4 is 0 Å². The summed E-state index contributed by atoms with van der Waals surface area (Å²) in [4.78, 5) is 0. The Morgan fingerprint density at radius 1 is 1.31 bits per heavy atom. The second-order valence-electron chi connectivity index (χ2n) is 3.35. The Kier molecular flexibility index (Phi) is 8.33. The Bertz CT molecular complexity index is 109. The molecular weight excluding hydrogens is 170 g/mol. The summed E-state index contributed by atoms with van der Waals surface area (Å²) in [5.41, 5.74) is 0. The van der Waals surface area contributed by atoms with Gasteiger partial charge in [-0.05, 0) is 5.92 Å². The molecule has 4 nitrogen and oxygen atoms in total. The zero-order valence-electron chi connectivity index (χ0n) is 8.49. The van der Waals surface area contributed by atoms with Gasteiger partial charge in [0.15, 0.2) is 0 Å². The molecule has 0 saturated carbocycles. The molecule has 80 valence electrons. The van der Waals surface area contributed by atoms with Crippen molar-refractivity contribution in [3.05, 3.63) is 0 Å². The summed E-state index contributed by atoms with van der Waals surface area (Å²) in [5, 5.41) is 20.9. The molecule has 0 spiro atoms. The van der Waals surface area contributed by atoms with E-state index in [-0.39, 0.29) is 18.6 Å². The van der Waals surface area contributed by atoms with E-state index in [1.807, 2.05) is 13.8 Å². The van der Waals surface area contributed by atoms with Gasteiger partial charge in [-0.2, -0.15) is 0 Å². The van der Waals surface area contributed by atoms with E-state index in [1.54, 1.807) is 0 Å². The zero-order chi connectivity index (χ0) is 10.1. The van der Waals surface area contributed by atoms with Gasteiger partial charge in [-0.1, -0.05) is 13.8 Å². The van der Waals surface area contributed by atoms with E-state index in [9.17, 15) is 5.11 Å². The number of nitrogens with one attached hydrogen (secondary N) is 1. The van der Waals surface area contributed by atoms with Gasteiger partial charge in [0.25, 0.3) is 0 Å². The molecule has 0 aromatic heterocycles. The van der Waals surface area contributed by atoms with Crippen LogP contribution in [0.3, 0.4) is 0 Å². The maximum atomic E-state index is 9.39. The molecular formula is C9H21NO3. The van der Waals surface area contributed by atoms with Crippen molar-refractivity contribution in [3.8, 4) is 0 Å². The van der Waals surface area contributed by atoms with E-state index in [1.165, 1.54) is 0 Å². The largest absolute Gasteiger partial charge is 0.394 e. The molecule has 0 aromatic carbocycles. The average molecular weight is 191 g/mol. The van der Waals surface area contributed by atoms with Gasteiger partial charge in [-0.25, -0.2) is 0 Å². The molecule has 4 heteroatoms. The predicted octanol–water partition coefficient (Wildman–Crippen LogP) is -0.398. The molecule has 3 N–H and O–H groups in total. The van der Waals surface area contributed by atoms with Crippen LogP contribution in [0.15, 0.2) is 0 Å². The molecule has 1 unspecified atom stereocenters. The lowest BCUT2D eigenvalue weighted by Gasteiger charge is -2.14. The molecule has 13 heavy (non-hydrogen) atoms. The van der Waals surface area contributed by atoms with Gasteiger partial charge in [0.1, 0.15) is 0 Å². The van der Waals surface area contributed by atoms with Crippen molar-refractivity contribution in [2.75, 3.05) is 32.9 Å². The molecule has 0 aliphatic heterocycles. The number of aliphatic hydroxyl groups is 2. The first-order valence-corrected chi connectivity index (χ1v) is 4.76. The Balaban J connectivity index is 3.07. The monoisotopic (exact) mass is 191 g/mol. The summed E-state index contributed by atoms with van der Waals surface area (Å²) in [7, 11) is 0. The minimum atomic E-state index is -0.294. The summed E-state index contributed by atoms with van der Waals surface area (Å²) in [6.45, 7) is 6.29. The molecule has 0 saturated heterocycles. The number of aliphatic hydroxyl groups excluding tert-OH is 2. The molecule has 0 aromatic rings. The second kappa shape index (κ2) is 8.44. The SMILES string of the molecule is CC(C)C(O)CNCCOCCO. The number of ether oxygens (including phenoxy) is 1. The van der Waals surface area contributed by atoms with E-state index in [0.717, 1.165) is 0 Å². The first-order chi connectivity index (χ1) is 6.18. The summed E-state index contributed by atoms with van der Waals surface area (Å²) >= 11 is 0. The summed E-state index contributed by atoms with van der Waals surface area (Å²) in [5.74, 6) is 0.283. The first kappa shape index (κ1) is 12.8. The summed E-state index contributed by atoms with van der Waals surface area (Å²) in [6, 6.07) is 0. The predicted molar refractivity (Wildman–Crippen MR) is 51.6 cm³/mol. The van der Waals surface area contributed by atoms with E-state index in [2.05, 4.69) is 5.32 Å². The fraction of sp³-hybridized carbons (Fsp3) is 1.00. The third-order valence-corrected chi connectivity index (χ3v) is 1.78. The third kappa shape index (κ3) is 8.18. The van der Waals surface area contributed by atoms with Crippen molar-refractivity contribution in [1.29, 1.82) is 0 Å². The highest BCUT2D eigenvalue weighted by atomic mass is 16.5. The van der Waals surface area contributed by atoms with Gasteiger partial charge in [0.2, 0.25) is 0 Å². The van der Waals surface area contributed by atoms with Gasteiger partial charge in [0, 0.05) is 13.1 Å². The van der Waals surface area contributed by atoms with E-state index < -0.39 is 0 Å². The van der Waals surface area contributed by atoms with Gasteiger partial charge in [-0.15, -0.1) is 0 Å². The lowest BCUT2D eigenvalue weighted by molar-refractivity contribution is 0.0870. The topological polar surface area (TPSA) is 61.7 Å². The van der Waals surface area contributed by atoms with Gasteiger partial charge < -0.3 is 20.3 Å². The normalized spacial score (nSPS) is 13.6. The lowest BCUT2D eigenvalue weighted by atomic mass is 10.1. The molecule has 1 atom stereocenters. The van der Waals surface area contributed by atoms with Crippen LogP contribution in [0.5, 0.6) is 0 Å². The Morgan fingerprint density at radius 2 is 2.00 bits per heavy atom. The van der Waals surface area contributed by atoms with Crippen LogP contribution in [0.2, 0.25) is 0 Å². The maximum absolute atomic E-state index is 9.39. The summed E-state index contributed by atoms with van der Waals surface area (Å²) in [6.07, 6.45) is -0.294. The van der Waals surface area contributed by atoms with Crippen LogP contribution < -0.4 is 5.32 Å². The zero-order valence-corrected chi connectivity index (χ0v) is 8.49. The quantitative estimate of drug-likeness (QED) is 0.457. The van der Waals surface area contributed by atoms with Gasteiger partial charge in [-0.3, -0.25) is 0 Å². The van der Waals surface area contributed by atoms with Crippen LogP contribution in [0, 0.1) is 5.92 Å². The molecule has 0 fully saturated rings. The number of hydrogen-bond donors (Lipinski definition) is 3. The highest BCUT2D eigenvalue weighted by molar-refractivity contribution is 4.62. The number of hydrogen-bond acceptors (Lipinski definition) is 4. The van der Waals surface area contributed by atoms with Crippen LogP contribution >= 0.6 is 0 Å². The summed E-state index contributed by atoms with van der Waals surface area (Å²) < 4.78 is 5.03. The molecule has 0 radical (unpaired) electrons. The second-order valence-corrected chi connectivity index (χ2v) is 3.35. The van der Waals surface area contributed by atoms with Crippen LogP contribution in [-0.4, -0.2) is 49.2 Å². The van der Waals surface area contributed by atoms with Crippen LogP contribution in [0.1, 0.15) is 13.8 Å². The van der Waals surface area contributed by atoms with Crippen molar-refractivity contribution in [2.45, 2.75) is 20.0 Å². The number of rotatable bonds is 8. The minimum absolute atomic E-state index is 0.0641. The Labute approximate surface area is 79.9 Å². The molecule has 0 aliphatic rings. The fourth-order valence-corrected chi connectivity index (χ4v) is 0.797. The van der Waals surface area contributed by atoms with Crippen molar-refractivity contribution in [2.24, 2.45) is 5.92 Å². The fourth-order valence-electron chi connectivity index (χ4n) is 0.797. The van der Waals surface area contributed by atoms with Crippen LogP contribution in [0.4, 0.5) is 0 Å². The molecule has 0 rings (SSSR count). The first-order valence-electron chi connectivity index (χ1n) is 4.76. The van der Waals surface area contributed by atoms with E-state index >= 15 is 0 Å². The highest BCUT2D eigenvalue weighted by Crippen LogP contribution is 1.98. The standard InChI is InChI=1S/C9H21NO3/c1-8(2)9(12)7-10-3-5-13-6-4-11/h8-12H,3-7H2,1-2H3. The highest BCUT2D eigenvalue weighted by Gasteiger charge is 2.07. The lowest BCUT2D eigenvalue weighted by Crippen LogP contribution is -2.32. The van der Waals surface area contributed by atoms with E-state index in [0.29, 0.717) is 26.3 Å². The van der Waals surface area contributed by atoms with Gasteiger partial charge >= 0.3 is 0 Å². The van der Waals surface area contributed by atoms with Crippen molar-refractivity contribution < 1.29 is 14.9 Å². The average Bonchev–Trinajstić information content (AvgIpc) is 2.10. The minimum Gasteiger partial charge on any atom is -0.394 e. The maximum Gasteiger partial charge on any atom is 0.0698 e. The Morgan fingerprint density at radius 3 is 2.54 bits per heavy atom. The van der Waals surface area contributed by atoms with Crippen LogP contribution in [-0.2, 0) is 4.74 Å². The molecule has 0 heterocycles. The van der Waals surface area contributed by atoms with Crippen LogP contribution in [0.25, 0.3) is 0 Å². The smallest absolute Gasteiger partial charge is 0.0698 e. The third-order valence-electron chi connectivity index (χ3n) is 1.78. The molecule has 0 amide bonds. The Hall–Kier alpha value is -0.160. The van der Waals surface area contributed by atoms with Crippen molar-refractivity contribution in [3.63, 3.8) is 0 Å². The molecule has 0 bridgehead atoms. The van der Waals surface area contributed by atoms with Crippen molar-refractivity contribution in [1.82, 2.24) is 5.32 Å². The van der Waals surface area contributed by atoms with E-state index in [4.69, 9.17) is 9.84 Å². The van der Waals surface area contributed by atoms with Gasteiger partial charge in [0.05, 0.1) is 25.9 Å².